The molecule has 0 saturated heterocycles. The van der Waals surface area contributed by atoms with E-state index in [9.17, 15) is 4.79 Å². The van der Waals surface area contributed by atoms with Crippen LogP contribution in [0, 0.1) is 0 Å². The van der Waals surface area contributed by atoms with Gasteiger partial charge in [-0.3, -0.25) is 10.1 Å². The van der Waals surface area contributed by atoms with E-state index in [-0.39, 0.29) is 17.9 Å². The van der Waals surface area contributed by atoms with Gasteiger partial charge >= 0.3 is 6.01 Å². The van der Waals surface area contributed by atoms with Crippen molar-refractivity contribution in [1.29, 1.82) is 0 Å². The predicted octanol–water partition coefficient (Wildman–Crippen LogP) is -0.00540. The monoisotopic (exact) mass is 251 g/mol. The second kappa shape index (κ2) is 5.25. The third-order valence-corrected chi connectivity index (χ3v) is 2.19. The van der Waals surface area contributed by atoms with Gasteiger partial charge in [0, 0.05) is 0 Å². The van der Waals surface area contributed by atoms with Crippen molar-refractivity contribution in [3.63, 3.8) is 0 Å². The molecule has 0 spiro atoms. The van der Waals surface area contributed by atoms with Gasteiger partial charge in [0.25, 0.3) is 5.91 Å². The van der Waals surface area contributed by atoms with Crippen molar-refractivity contribution in [2.45, 2.75) is 19.9 Å². The number of carbonyl (C=O) groups is 1. The molecule has 2 N–H and O–H groups in total. The second-order valence-corrected chi connectivity index (χ2v) is 3.44. The zero-order valence-electron chi connectivity index (χ0n) is 9.99. The summed E-state index contributed by atoms with van der Waals surface area (Å²) in [6.45, 7) is 3.98. The Morgan fingerprint density at radius 2 is 2.50 bits per heavy atom. The zero-order valence-corrected chi connectivity index (χ0v) is 9.99. The Balaban J connectivity index is 1.98. The molecule has 2 rings (SSSR count). The summed E-state index contributed by atoms with van der Waals surface area (Å²) in [4.78, 5) is 19.6. The van der Waals surface area contributed by atoms with Crippen LogP contribution in [0.15, 0.2) is 12.7 Å². The highest BCUT2D eigenvalue weighted by Gasteiger charge is 2.17. The van der Waals surface area contributed by atoms with Gasteiger partial charge in [-0.05, 0) is 13.8 Å². The number of nitrogens with one attached hydrogen (secondary N) is 2. The molecule has 0 aliphatic rings. The van der Waals surface area contributed by atoms with E-state index in [2.05, 4.69) is 30.6 Å². The Morgan fingerprint density at radius 1 is 1.67 bits per heavy atom. The summed E-state index contributed by atoms with van der Waals surface area (Å²) in [5.74, 6) is -0.0462. The normalized spacial score (nSPS) is 12.1. The summed E-state index contributed by atoms with van der Waals surface area (Å²) in [5, 5.41) is 12.8. The molecular weight excluding hydrogens is 238 g/mol. The first-order valence-electron chi connectivity index (χ1n) is 5.41. The highest BCUT2D eigenvalue weighted by molar-refractivity contribution is 5.91. The van der Waals surface area contributed by atoms with Crippen molar-refractivity contribution in [1.82, 2.24) is 29.9 Å². The van der Waals surface area contributed by atoms with Crippen molar-refractivity contribution in [3.8, 4) is 6.01 Å². The van der Waals surface area contributed by atoms with Gasteiger partial charge in [-0.15, -0.1) is 5.10 Å². The maximum Gasteiger partial charge on any atom is 0.337 e. The first-order chi connectivity index (χ1) is 8.70. The average molecular weight is 251 g/mol. The Morgan fingerprint density at radius 3 is 3.17 bits per heavy atom. The first kappa shape index (κ1) is 12.0. The lowest BCUT2D eigenvalue weighted by Gasteiger charge is -2.09. The van der Waals surface area contributed by atoms with Crippen molar-refractivity contribution in [2.24, 2.45) is 0 Å². The Kier molecular flexibility index (Phi) is 3.51. The number of hydrogen-bond acceptors (Lipinski definition) is 6. The van der Waals surface area contributed by atoms with Crippen LogP contribution in [0.25, 0.3) is 0 Å². The molecule has 0 fully saturated rings. The van der Waals surface area contributed by atoms with Gasteiger partial charge in [-0.1, -0.05) is 0 Å². The van der Waals surface area contributed by atoms with E-state index in [0.717, 1.165) is 0 Å². The van der Waals surface area contributed by atoms with Crippen LogP contribution >= 0.6 is 0 Å². The third-order valence-electron chi connectivity index (χ3n) is 2.19. The fourth-order valence-electron chi connectivity index (χ4n) is 1.25. The summed E-state index contributed by atoms with van der Waals surface area (Å²) in [7, 11) is 0. The molecule has 9 heteroatoms. The van der Waals surface area contributed by atoms with Crippen LogP contribution in [-0.2, 0) is 4.79 Å². The maximum absolute atomic E-state index is 11.8. The third kappa shape index (κ3) is 2.62. The molecule has 2 aromatic rings. The van der Waals surface area contributed by atoms with E-state index in [1.165, 1.54) is 17.3 Å². The van der Waals surface area contributed by atoms with E-state index in [4.69, 9.17) is 4.74 Å². The lowest BCUT2D eigenvalue weighted by molar-refractivity contribution is -0.119. The smallest absolute Gasteiger partial charge is 0.337 e. The van der Waals surface area contributed by atoms with Gasteiger partial charge < -0.3 is 4.74 Å². The number of rotatable bonds is 5. The van der Waals surface area contributed by atoms with Crippen molar-refractivity contribution < 1.29 is 9.53 Å². The number of nitrogens with zero attached hydrogens (tertiary/aromatic N) is 5. The molecule has 9 nitrogen and oxygen atoms in total. The summed E-state index contributed by atoms with van der Waals surface area (Å²) < 4.78 is 6.51. The Hall–Kier alpha value is -2.45. The second-order valence-electron chi connectivity index (χ2n) is 3.44. The average Bonchev–Trinajstić information content (AvgIpc) is 3.00. The van der Waals surface area contributed by atoms with E-state index in [1.807, 2.05) is 6.92 Å². The highest BCUT2D eigenvalue weighted by atomic mass is 16.5. The molecule has 0 radical (unpaired) electrons. The number of anilines is 1. The largest absolute Gasteiger partial charge is 0.463 e. The lowest BCUT2D eigenvalue weighted by Crippen LogP contribution is -2.24. The standard InChI is InChI=1S/C9H13N7O2/c1-3-18-9-13-8(14-15-9)12-7(17)6(2)16-5-10-4-11-16/h4-6H,3H2,1-2H3,(H2,12,13,14,15,17). The molecular formula is C9H13N7O2. The van der Waals surface area contributed by atoms with Crippen LogP contribution in [0.3, 0.4) is 0 Å². The fraction of sp³-hybridized carbons (Fsp3) is 0.444. The molecule has 1 unspecified atom stereocenters. The van der Waals surface area contributed by atoms with E-state index < -0.39 is 6.04 Å². The van der Waals surface area contributed by atoms with Gasteiger partial charge in [0.2, 0.25) is 5.95 Å². The molecule has 2 heterocycles. The molecule has 0 aromatic carbocycles. The van der Waals surface area contributed by atoms with E-state index >= 15 is 0 Å². The van der Waals surface area contributed by atoms with Gasteiger partial charge in [0.15, 0.2) is 0 Å². The predicted molar refractivity (Wildman–Crippen MR) is 60.9 cm³/mol. The molecule has 0 aliphatic carbocycles. The van der Waals surface area contributed by atoms with Gasteiger partial charge in [0.05, 0.1) is 6.61 Å². The minimum Gasteiger partial charge on any atom is -0.463 e. The number of ether oxygens (including phenoxy) is 1. The summed E-state index contributed by atoms with van der Waals surface area (Å²) in [5.41, 5.74) is 0. The number of H-pyrrole nitrogens is 1. The highest BCUT2D eigenvalue weighted by Crippen LogP contribution is 2.09. The lowest BCUT2D eigenvalue weighted by atomic mass is 10.3. The van der Waals surface area contributed by atoms with Crippen LogP contribution in [-0.4, -0.2) is 42.5 Å². The van der Waals surface area contributed by atoms with Crippen LogP contribution < -0.4 is 10.1 Å². The minimum atomic E-state index is -0.492. The number of aromatic nitrogens is 6. The van der Waals surface area contributed by atoms with Gasteiger partial charge in [-0.2, -0.15) is 10.1 Å². The fourth-order valence-corrected chi connectivity index (χ4v) is 1.25. The van der Waals surface area contributed by atoms with Crippen molar-refractivity contribution >= 4 is 11.9 Å². The molecule has 0 saturated carbocycles. The van der Waals surface area contributed by atoms with Gasteiger partial charge in [-0.25, -0.2) is 14.8 Å². The number of carbonyl (C=O) groups excluding carboxylic acids is 1. The SMILES string of the molecule is CCOc1n[nH]c(NC(=O)C(C)n2cncn2)n1. The molecule has 0 bridgehead atoms. The minimum absolute atomic E-state index is 0.196. The zero-order chi connectivity index (χ0) is 13.0. The van der Waals surface area contributed by atoms with E-state index in [0.29, 0.717) is 6.61 Å². The van der Waals surface area contributed by atoms with Crippen LogP contribution in [0.5, 0.6) is 6.01 Å². The molecule has 1 amide bonds. The number of amides is 1. The molecule has 1 atom stereocenters. The van der Waals surface area contributed by atoms with Crippen LogP contribution in [0.2, 0.25) is 0 Å². The molecule has 96 valence electrons. The van der Waals surface area contributed by atoms with Crippen molar-refractivity contribution in [3.05, 3.63) is 12.7 Å². The van der Waals surface area contributed by atoms with Crippen LogP contribution in [0.1, 0.15) is 19.9 Å². The Bertz CT molecular complexity index is 507. The van der Waals surface area contributed by atoms with Crippen LogP contribution in [0.4, 0.5) is 5.95 Å². The van der Waals surface area contributed by atoms with Gasteiger partial charge in [0.1, 0.15) is 18.7 Å². The summed E-state index contributed by atoms with van der Waals surface area (Å²) in [6, 6.07) is -0.297. The number of aromatic amines is 1. The van der Waals surface area contributed by atoms with E-state index in [1.54, 1.807) is 6.92 Å². The molecule has 18 heavy (non-hydrogen) atoms. The Labute approximate surface area is 103 Å². The number of hydrogen-bond donors (Lipinski definition) is 2. The topological polar surface area (TPSA) is 111 Å². The summed E-state index contributed by atoms with van der Waals surface area (Å²) in [6.07, 6.45) is 2.83. The quantitative estimate of drug-likeness (QED) is 0.773. The summed E-state index contributed by atoms with van der Waals surface area (Å²) >= 11 is 0. The maximum atomic E-state index is 11.8. The molecule has 2 aromatic heterocycles. The first-order valence-corrected chi connectivity index (χ1v) is 5.41. The van der Waals surface area contributed by atoms with Crippen molar-refractivity contribution in [2.75, 3.05) is 11.9 Å². The molecule has 0 aliphatic heterocycles.